The van der Waals surface area contributed by atoms with Crippen LogP contribution in [0.4, 0.5) is 0 Å². The first-order valence-electron chi connectivity index (χ1n) is 9.41. The van der Waals surface area contributed by atoms with E-state index in [9.17, 15) is 14.4 Å². The first kappa shape index (κ1) is 8.49. The molecule has 0 aromatic rings. The Kier molecular flexibility index (Phi) is 2.42. The van der Waals surface area contributed by atoms with Gasteiger partial charge in [-0.25, -0.2) is 4.99 Å². The van der Waals surface area contributed by atoms with Crippen LogP contribution in [-0.2, 0) is 14.4 Å². The first-order valence-corrected chi connectivity index (χ1v) is 6.41. The van der Waals surface area contributed by atoms with Crippen LogP contribution in [0, 0.1) is 11.8 Å². The smallest absolute Gasteiger partial charge is 0.238 e. The van der Waals surface area contributed by atoms with Gasteiger partial charge >= 0.3 is 0 Å². The number of aliphatic imine (C=N–C) groups is 1. The molecule has 2 aliphatic rings. The number of nitrogens with zero attached hydrogens (tertiary/aromatic N) is 2. The zero-order valence-corrected chi connectivity index (χ0v) is 11.4. The molecule has 2 heterocycles. The third kappa shape index (κ3) is 2.57. The zero-order chi connectivity index (χ0) is 20.0. The average molecular weight is 282 g/mol. The molecule has 0 fully saturated rings. The highest BCUT2D eigenvalue weighted by Gasteiger charge is 2.42. The molecular weight excluding hydrogens is 256 g/mol. The molecule has 0 aromatic carbocycles. The summed E-state index contributed by atoms with van der Waals surface area (Å²) in [5, 5.41) is 0. The predicted octanol–water partition coefficient (Wildman–Crippen LogP) is 1.73. The summed E-state index contributed by atoms with van der Waals surface area (Å²) in [6.45, 7) is -1.50. The SMILES string of the molecule is [2H]C1=NC2=C(C(=O)C(CCCC([2H])([2H])C(C)=O)C(=O)N2C)C1C([2H])([2H])[2H]. The molecule has 5 heteroatoms. The number of carbonyl (C=O) groups is 3. The van der Waals surface area contributed by atoms with Crippen molar-refractivity contribution in [3.63, 3.8) is 0 Å². The maximum absolute atomic E-state index is 12.8. The quantitative estimate of drug-likeness (QED) is 0.721. The molecule has 20 heavy (non-hydrogen) atoms. The molecule has 0 aliphatic carbocycles. The molecule has 1 amide bonds. The second-order valence-electron chi connectivity index (χ2n) is 4.85. The first-order chi connectivity index (χ1) is 11.8. The van der Waals surface area contributed by atoms with Crippen molar-refractivity contribution in [1.82, 2.24) is 4.90 Å². The molecule has 0 saturated carbocycles. The summed E-state index contributed by atoms with van der Waals surface area (Å²) >= 11 is 0. The van der Waals surface area contributed by atoms with Gasteiger partial charge in [-0.05, 0) is 19.8 Å². The molecule has 0 bridgehead atoms. The predicted molar refractivity (Wildman–Crippen MR) is 75.1 cm³/mol. The number of Topliss-reactive ketones (excluding diaryl/α,β-unsaturated/α-hetero) is 2. The van der Waals surface area contributed by atoms with Crippen molar-refractivity contribution in [2.45, 2.75) is 39.4 Å². The van der Waals surface area contributed by atoms with E-state index in [0.29, 0.717) is 0 Å². The molecule has 5 nitrogen and oxygen atoms in total. The van der Waals surface area contributed by atoms with Gasteiger partial charge in [-0.15, -0.1) is 0 Å². The molecule has 108 valence electrons. The number of hydrogen-bond acceptors (Lipinski definition) is 4. The molecule has 0 saturated heterocycles. The fourth-order valence-electron chi connectivity index (χ4n) is 2.35. The van der Waals surface area contributed by atoms with Gasteiger partial charge in [0.2, 0.25) is 5.91 Å². The number of hydrogen-bond donors (Lipinski definition) is 0. The van der Waals surface area contributed by atoms with Crippen molar-refractivity contribution in [2.24, 2.45) is 16.8 Å². The molecular formula is C15H20N2O3. The summed E-state index contributed by atoms with van der Waals surface area (Å²) in [6.07, 6.45) is -2.55. The minimum atomic E-state index is -2.63. The Morgan fingerprint density at radius 2 is 2.30 bits per heavy atom. The Morgan fingerprint density at radius 3 is 2.95 bits per heavy atom. The zero-order valence-electron chi connectivity index (χ0n) is 17.4. The Labute approximate surface area is 127 Å². The lowest BCUT2D eigenvalue weighted by Gasteiger charge is -2.29. The van der Waals surface area contributed by atoms with Gasteiger partial charge in [0.15, 0.2) is 5.78 Å². The van der Waals surface area contributed by atoms with E-state index in [1.807, 2.05) is 0 Å². The van der Waals surface area contributed by atoms with Crippen LogP contribution in [0.25, 0.3) is 0 Å². The van der Waals surface area contributed by atoms with Crippen LogP contribution in [0.5, 0.6) is 0 Å². The van der Waals surface area contributed by atoms with E-state index in [0.717, 1.165) is 11.8 Å². The third-order valence-electron chi connectivity index (χ3n) is 3.40. The van der Waals surface area contributed by atoms with E-state index in [4.69, 9.17) is 8.22 Å². The molecule has 2 unspecified atom stereocenters. The van der Waals surface area contributed by atoms with Gasteiger partial charge in [-0.2, -0.15) is 0 Å². The second-order valence-corrected chi connectivity index (χ2v) is 4.85. The Balaban J connectivity index is 2.25. The number of rotatable bonds is 5. The number of carbonyl (C=O) groups excluding carboxylic acids is 3. The number of amides is 1. The van der Waals surface area contributed by atoms with Crippen molar-refractivity contribution in [3.8, 4) is 0 Å². The van der Waals surface area contributed by atoms with Gasteiger partial charge in [0.1, 0.15) is 17.5 Å². The van der Waals surface area contributed by atoms with E-state index >= 15 is 0 Å². The summed E-state index contributed by atoms with van der Waals surface area (Å²) in [5.41, 5.74) is -0.156. The summed E-state index contributed by atoms with van der Waals surface area (Å²) in [4.78, 5) is 41.4. The number of allylic oxidation sites excluding steroid dienone is 1. The van der Waals surface area contributed by atoms with E-state index < -0.39 is 48.7 Å². The third-order valence-corrected chi connectivity index (χ3v) is 3.40. The fraction of sp³-hybridized carbons (Fsp3) is 0.600. The molecule has 2 rings (SSSR count). The van der Waals surface area contributed by atoms with E-state index in [1.54, 1.807) is 0 Å². The maximum atomic E-state index is 12.8. The van der Waals surface area contributed by atoms with Crippen LogP contribution in [-0.4, -0.2) is 35.6 Å². The Bertz CT molecular complexity index is 725. The van der Waals surface area contributed by atoms with Gasteiger partial charge in [-0.3, -0.25) is 14.5 Å². The summed E-state index contributed by atoms with van der Waals surface area (Å²) in [7, 11) is 1.37. The molecule has 2 aliphatic heterocycles. The second kappa shape index (κ2) is 5.69. The van der Waals surface area contributed by atoms with E-state index in [-0.39, 0.29) is 30.7 Å². The lowest BCUT2D eigenvalue weighted by Crippen LogP contribution is -2.42. The van der Waals surface area contributed by atoms with Crippen molar-refractivity contribution < 1.29 is 22.6 Å². The van der Waals surface area contributed by atoms with Crippen molar-refractivity contribution in [1.29, 1.82) is 0 Å². The normalized spacial score (nSPS) is 31.7. The monoisotopic (exact) mass is 282 g/mol. The minimum Gasteiger partial charge on any atom is -0.300 e. The lowest BCUT2D eigenvalue weighted by molar-refractivity contribution is -0.139. The van der Waals surface area contributed by atoms with Crippen molar-refractivity contribution in [2.75, 3.05) is 7.05 Å². The fourth-order valence-corrected chi connectivity index (χ4v) is 2.35. The minimum absolute atomic E-state index is 0.00731. The Morgan fingerprint density at radius 1 is 1.55 bits per heavy atom. The average Bonchev–Trinajstić information content (AvgIpc) is 2.86. The van der Waals surface area contributed by atoms with E-state index in [2.05, 4.69) is 4.99 Å². The Hall–Kier alpha value is -1.78. The van der Waals surface area contributed by atoms with Crippen molar-refractivity contribution in [3.05, 3.63) is 11.4 Å². The van der Waals surface area contributed by atoms with Gasteiger partial charge in [0.25, 0.3) is 0 Å². The lowest BCUT2D eigenvalue weighted by atomic mass is 9.84. The largest absolute Gasteiger partial charge is 0.300 e. The van der Waals surface area contributed by atoms with Gasteiger partial charge < -0.3 is 4.79 Å². The highest BCUT2D eigenvalue weighted by atomic mass is 16.2. The van der Waals surface area contributed by atoms with Crippen molar-refractivity contribution >= 4 is 23.7 Å². The molecule has 0 radical (unpaired) electrons. The van der Waals surface area contributed by atoms with Gasteiger partial charge in [0.05, 0.1) is 1.37 Å². The van der Waals surface area contributed by atoms with Crippen LogP contribution >= 0.6 is 0 Å². The summed E-state index contributed by atoms with van der Waals surface area (Å²) in [5.74, 6) is -4.61. The topological polar surface area (TPSA) is 66.8 Å². The van der Waals surface area contributed by atoms with Gasteiger partial charge in [-0.1, -0.05) is 13.3 Å². The highest BCUT2D eigenvalue weighted by molar-refractivity contribution is 6.15. The molecule has 0 N–H and O–H groups in total. The summed E-state index contributed by atoms with van der Waals surface area (Å²) < 4.78 is 45.7. The van der Waals surface area contributed by atoms with Crippen LogP contribution in [0.1, 0.15) is 47.6 Å². The van der Waals surface area contributed by atoms with Crippen LogP contribution in [0.3, 0.4) is 0 Å². The molecule has 0 spiro atoms. The standard InChI is InChI=1S/C15H20N2O3/c1-9-8-16-14-12(9)13(19)11(15(20)17(14)3)7-5-4-6-10(2)18/h8-9,11H,4-7H2,1-3H3/i1D3,6D2,8D. The van der Waals surface area contributed by atoms with Crippen LogP contribution in [0.2, 0.25) is 0 Å². The van der Waals surface area contributed by atoms with Crippen LogP contribution < -0.4 is 0 Å². The molecule has 0 aromatic heterocycles. The summed E-state index contributed by atoms with van der Waals surface area (Å²) in [6, 6.07) is 0. The highest BCUT2D eigenvalue weighted by Crippen LogP contribution is 2.34. The van der Waals surface area contributed by atoms with E-state index in [1.165, 1.54) is 7.05 Å². The maximum Gasteiger partial charge on any atom is 0.238 e. The molecule has 2 atom stereocenters. The van der Waals surface area contributed by atoms with Gasteiger partial charge in [0, 0.05) is 38.0 Å². The van der Waals surface area contributed by atoms with Crippen LogP contribution in [0.15, 0.2) is 16.4 Å². The number of ketones is 2.